The second-order valence-electron chi connectivity index (χ2n) is 8.58. The predicted octanol–water partition coefficient (Wildman–Crippen LogP) is 3.58. The molecule has 1 fully saturated rings. The molecule has 0 aliphatic carbocycles. The van der Waals surface area contributed by atoms with Crippen LogP contribution in [0.3, 0.4) is 0 Å². The highest BCUT2D eigenvalue weighted by Crippen LogP contribution is 2.29. The van der Waals surface area contributed by atoms with Gasteiger partial charge in [-0.2, -0.15) is 14.5 Å². The van der Waals surface area contributed by atoms with E-state index < -0.39 is 15.9 Å². The first-order chi connectivity index (χ1) is 17.4. The highest BCUT2D eigenvalue weighted by molar-refractivity contribution is 7.89. The molecule has 0 bridgehead atoms. The summed E-state index contributed by atoms with van der Waals surface area (Å²) in [5, 5.41) is 8.96. The summed E-state index contributed by atoms with van der Waals surface area (Å²) in [7, 11) is -3.67. The van der Waals surface area contributed by atoms with E-state index in [2.05, 4.69) is 15.4 Å². The Balaban J connectivity index is 1.58. The molecule has 0 spiro atoms. The molecule has 0 unspecified atom stereocenters. The average molecular weight is 509 g/mol. The molecule has 36 heavy (non-hydrogen) atoms. The van der Waals surface area contributed by atoms with Crippen LogP contribution in [0.2, 0.25) is 0 Å². The number of hydrazone groups is 1. The minimum atomic E-state index is -3.67. The molecule has 1 aliphatic heterocycles. The summed E-state index contributed by atoms with van der Waals surface area (Å²) < 4.78 is 29.0. The Labute approximate surface area is 212 Å². The van der Waals surface area contributed by atoms with Crippen molar-refractivity contribution in [3.05, 3.63) is 71.4 Å². The summed E-state index contributed by atoms with van der Waals surface area (Å²) in [5.74, 6) is 0.459. The van der Waals surface area contributed by atoms with Gasteiger partial charge in [-0.1, -0.05) is 38.1 Å². The van der Waals surface area contributed by atoms with Gasteiger partial charge in [0, 0.05) is 31.7 Å². The third-order valence-electron chi connectivity index (χ3n) is 6.29. The van der Waals surface area contributed by atoms with E-state index in [0.29, 0.717) is 13.1 Å². The molecular weight excluding hydrogens is 476 g/mol. The summed E-state index contributed by atoms with van der Waals surface area (Å²) in [4.78, 5) is 15.2. The average Bonchev–Trinajstić information content (AvgIpc) is 3.53. The molecule has 2 heterocycles. The van der Waals surface area contributed by atoms with Crippen molar-refractivity contribution in [3.63, 3.8) is 0 Å². The molecule has 10 heteroatoms. The highest BCUT2D eigenvalue weighted by Gasteiger charge is 2.24. The van der Waals surface area contributed by atoms with Gasteiger partial charge >= 0.3 is 0 Å². The van der Waals surface area contributed by atoms with Crippen LogP contribution in [0.15, 0.2) is 64.6 Å². The number of hydrogen-bond donors (Lipinski definition) is 1. The lowest BCUT2D eigenvalue weighted by atomic mass is 10.2. The zero-order chi connectivity index (χ0) is 25.7. The largest absolute Gasteiger partial charge is 0.356 e. The number of para-hydroxylation sites is 1. The molecule has 4 rings (SSSR count). The van der Waals surface area contributed by atoms with E-state index in [9.17, 15) is 13.2 Å². The fraction of sp³-hybridized carbons (Fsp3) is 0.346. The first-order valence-electron chi connectivity index (χ1n) is 12.2. The maximum absolute atomic E-state index is 12.8. The first-order valence-corrected chi connectivity index (χ1v) is 13.6. The number of benzene rings is 2. The number of sulfonamides is 1. The molecule has 2 aromatic carbocycles. The number of aryl methyl sites for hydroxylation is 1. The number of anilines is 1. The fourth-order valence-electron chi connectivity index (χ4n) is 4.39. The van der Waals surface area contributed by atoms with Crippen LogP contribution >= 0.6 is 0 Å². The monoisotopic (exact) mass is 508 g/mol. The molecule has 0 saturated carbocycles. The van der Waals surface area contributed by atoms with Gasteiger partial charge in [-0.15, -0.1) is 0 Å². The number of hydrogen-bond acceptors (Lipinski definition) is 6. The number of carbonyl (C=O) groups is 1. The van der Waals surface area contributed by atoms with Gasteiger partial charge in [0.1, 0.15) is 5.82 Å². The molecule has 1 N–H and O–H groups in total. The number of rotatable bonds is 9. The summed E-state index contributed by atoms with van der Waals surface area (Å²) in [6.07, 6.45) is 3.84. The molecule has 190 valence electrons. The SMILES string of the molecule is CCN(CC)S(=O)(=O)c1cccc(C(=O)N/N=C\c2c(C)nn(-c3ccccc3)c2N2CCCC2)c1. The summed E-state index contributed by atoms with van der Waals surface area (Å²) >= 11 is 0. The van der Waals surface area contributed by atoms with Crippen LogP contribution in [0, 0.1) is 6.92 Å². The summed E-state index contributed by atoms with van der Waals surface area (Å²) in [6.45, 7) is 8.06. The Hall–Kier alpha value is -3.50. The van der Waals surface area contributed by atoms with Crippen LogP contribution in [-0.4, -0.2) is 60.8 Å². The minimum Gasteiger partial charge on any atom is -0.356 e. The van der Waals surface area contributed by atoms with Gasteiger partial charge in [0.05, 0.1) is 28.1 Å². The quantitative estimate of drug-likeness (QED) is 0.352. The molecule has 1 saturated heterocycles. The van der Waals surface area contributed by atoms with Crippen molar-refractivity contribution in [1.82, 2.24) is 19.5 Å². The Morgan fingerprint density at radius 2 is 1.78 bits per heavy atom. The van der Waals surface area contributed by atoms with Gasteiger partial charge in [0.2, 0.25) is 10.0 Å². The van der Waals surface area contributed by atoms with E-state index in [4.69, 9.17) is 5.10 Å². The van der Waals surface area contributed by atoms with Gasteiger partial charge in [-0.25, -0.2) is 18.5 Å². The van der Waals surface area contributed by atoms with Crippen LogP contribution in [0.5, 0.6) is 0 Å². The van der Waals surface area contributed by atoms with E-state index in [-0.39, 0.29) is 10.5 Å². The van der Waals surface area contributed by atoms with Crippen molar-refractivity contribution < 1.29 is 13.2 Å². The molecule has 1 aromatic heterocycles. The topological polar surface area (TPSA) is 99.9 Å². The van der Waals surface area contributed by atoms with Crippen LogP contribution in [0.4, 0.5) is 5.82 Å². The molecule has 3 aromatic rings. The molecular formula is C26H32N6O3S. The summed E-state index contributed by atoms with van der Waals surface area (Å²) in [5.41, 5.74) is 5.35. The van der Waals surface area contributed by atoms with E-state index in [1.165, 1.54) is 16.4 Å². The Morgan fingerprint density at radius 1 is 1.08 bits per heavy atom. The van der Waals surface area contributed by atoms with Crippen LogP contribution in [-0.2, 0) is 10.0 Å². The van der Waals surface area contributed by atoms with Gasteiger partial charge in [-0.05, 0) is 50.1 Å². The zero-order valence-electron chi connectivity index (χ0n) is 20.9. The normalized spacial score (nSPS) is 14.2. The van der Waals surface area contributed by atoms with Crippen molar-refractivity contribution >= 4 is 28.0 Å². The van der Waals surface area contributed by atoms with Crippen molar-refractivity contribution in [3.8, 4) is 5.69 Å². The molecule has 1 aliphatic rings. The van der Waals surface area contributed by atoms with E-state index >= 15 is 0 Å². The predicted molar refractivity (Wildman–Crippen MR) is 141 cm³/mol. The van der Waals surface area contributed by atoms with Crippen LogP contribution in [0.25, 0.3) is 5.69 Å². The lowest BCUT2D eigenvalue weighted by Gasteiger charge is -2.20. The Bertz CT molecular complexity index is 1340. The summed E-state index contributed by atoms with van der Waals surface area (Å²) in [6, 6.07) is 15.9. The lowest BCUT2D eigenvalue weighted by molar-refractivity contribution is 0.0955. The number of carbonyl (C=O) groups excluding carboxylic acids is 1. The standard InChI is InChI=1S/C26H32N6O3S/c1-4-31(5-2)36(34,35)23-15-11-12-21(18-23)25(33)28-27-19-24-20(3)29-32(22-13-7-6-8-14-22)26(24)30-16-9-10-17-30/h6-8,11-15,18-19H,4-5,9-10,16-17H2,1-3H3,(H,28,33)/b27-19-. The van der Waals surface area contributed by atoms with Gasteiger partial charge in [0.25, 0.3) is 5.91 Å². The Morgan fingerprint density at radius 3 is 2.44 bits per heavy atom. The Kier molecular flexibility index (Phi) is 7.85. The van der Waals surface area contributed by atoms with E-state index in [0.717, 1.165) is 48.7 Å². The number of amides is 1. The van der Waals surface area contributed by atoms with Crippen molar-refractivity contribution in [2.45, 2.75) is 38.5 Å². The second kappa shape index (κ2) is 11.0. The van der Waals surface area contributed by atoms with E-state index in [1.807, 2.05) is 41.9 Å². The minimum absolute atomic E-state index is 0.0825. The smallest absolute Gasteiger partial charge is 0.271 e. The van der Waals surface area contributed by atoms with E-state index in [1.54, 1.807) is 32.2 Å². The maximum atomic E-state index is 12.8. The lowest BCUT2D eigenvalue weighted by Crippen LogP contribution is -2.30. The second-order valence-corrected chi connectivity index (χ2v) is 10.5. The highest BCUT2D eigenvalue weighted by atomic mass is 32.2. The van der Waals surface area contributed by atoms with Gasteiger partial charge in [0.15, 0.2) is 0 Å². The molecule has 0 radical (unpaired) electrons. The number of nitrogens with zero attached hydrogens (tertiary/aromatic N) is 5. The fourth-order valence-corrected chi connectivity index (χ4v) is 5.90. The van der Waals surface area contributed by atoms with Gasteiger partial charge in [-0.3, -0.25) is 4.79 Å². The molecule has 1 amide bonds. The van der Waals surface area contributed by atoms with Crippen molar-refractivity contribution in [2.24, 2.45) is 5.10 Å². The molecule has 9 nitrogen and oxygen atoms in total. The first kappa shape index (κ1) is 25.6. The number of aromatic nitrogens is 2. The van der Waals surface area contributed by atoms with Crippen LogP contribution in [0.1, 0.15) is 48.3 Å². The van der Waals surface area contributed by atoms with Crippen LogP contribution < -0.4 is 10.3 Å². The maximum Gasteiger partial charge on any atom is 0.271 e. The molecule has 0 atom stereocenters. The van der Waals surface area contributed by atoms with Crippen molar-refractivity contribution in [2.75, 3.05) is 31.1 Å². The number of nitrogens with one attached hydrogen (secondary N) is 1. The van der Waals surface area contributed by atoms with Crippen molar-refractivity contribution in [1.29, 1.82) is 0 Å². The third-order valence-corrected chi connectivity index (χ3v) is 8.33. The zero-order valence-corrected chi connectivity index (χ0v) is 21.7. The van der Waals surface area contributed by atoms with Gasteiger partial charge < -0.3 is 4.90 Å². The third kappa shape index (κ3) is 5.19.